The maximum Gasteiger partial charge on any atom is 0.273 e. The molecule has 1 aromatic carbocycles. The average Bonchev–Trinajstić information content (AvgIpc) is 2.27. The van der Waals surface area contributed by atoms with E-state index in [0.29, 0.717) is 17.3 Å². The summed E-state index contributed by atoms with van der Waals surface area (Å²) in [5.74, 6) is 0.306. The first kappa shape index (κ1) is 10.2. The summed E-state index contributed by atoms with van der Waals surface area (Å²) >= 11 is 0. The molecule has 82 valence electrons. The topological polar surface area (TPSA) is 96.7 Å². The van der Waals surface area contributed by atoms with Crippen LogP contribution in [0.4, 0.5) is 17.3 Å². The van der Waals surface area contributed by atoms with E-state index in [2.05, 4.69) is 20.5 Å². The molecule has 0 amide bonds. The van der Waals surface area contributed by atoms with Crippen LogP contribution in [-0.2, 0) is 0 Å². The number of nitrogens with one attached hydrogen (secondary N) is 2. The van der Waals surface area contributed by atoms with Crippen LogP contribution in [0.1, 0.15) is 5.69 Å². The van der Waals surface area contributed by atoms with Gasteiger partial charge in [0.2, 0.25) is 5.95 Å². The molecule has 0 spiro atoms. The van der Waals surface area contributed by atoms with Crippen LogP contribution >= 0.6 is 0 Å². The summed E-state index contributed by atoms with van der Waals surface area (Å²) in [5, 5.41) is 10.4. The number of hydrogen-bond donors (Lipinski definition) is 3. The summed E-state index contributed by atoms with van der Waals surface area (Å²) in [4.78, 5) is 13.8. The van der Waals surface area contributed by atoms with Crippen molar-refractivity contribution in [3.8, 4) is 0 Å². The molecule has 0 saturated carbocycles. The lowest BCUT2D eigenvalue weighted by Crippen LogP contribution is -2.15. The molecule has 0 saturated heterocycles. The number of aromatic nitrogens is 3. The van der Waals surface area contributed by atoms with Crippen LogP contribution in [0.2, 0.25) is 0 Å². The predicted molar refractivity (Wildman–Crippen MR) is 61.5 cm³/mol. The van der Waals surface area contributed by atoms with Gasteiger partial charge in [-0.3, -0.25) is 9.78 Å². The van der Waals surface area contributed by atoms with Crippen LogP contribution in [0.25, 0.3) is 0 Å². The summed E-state index contributed by atoms with van der Waals surface area (Å²) in [6.07, 6.45) is 0. The minimum absolute atomic E-state index is 0.257. The van der Waals surface area contributed by atoms with Gasteiger partial charge in [-0.15, -0.1) is 10.2 Å². The zero-order chi connectivity index (χ0) is 11.5. The van der Waals surface area contributed by atoms with E-state index in [4.69, 9.17) is 5.73 Å². The van der Waals surface area contributed by atoms with Gasteiger partial charge in [0.05, 0.1) is 0 Å². The first-order chi connectivity index (χ1) is 7.65. The summed E-state index contributed by atoms with van der Waals surface area (Å²) in [6, 6.07) is 7.08. The van der Waals surface area contributed by atoms with Crippen molar-refractivity contribution in [2.24, 2.45) is 0 Å². The van der Waals surface area contributed by atoms with E-state index in [1.165, 1.54) is 0 Å². The number of nitrogen functional groups attached to an aromatic ring is 1. The largest absolute Gasteiger partial charge is 0.399 e. The maximum absolute atomic E-state index is 11.3. The number of aromatic amines is 1. The van der Waals surface area contributed by atoms with Gasteiger partial charge in [0.25, 0.3) is 5.56 Å². The minimum Gasteiger partial charge on any atom is -0.399 e. The molecule has 0 atom stereocenters. The van der Waals surface area contributed by atoms with Gasteiger partial charge >= 0.3 is 0 Å². The highest BCUT2D eigenvalue weighted by molar-refractivity contribution is 5.56. The van der Waals surface area contributed by atoms with Crippen LogP contribution in [-0.4, -0.2) is 15.2 Å². The molecule has 16 heavy (non-hydrogen) atoms. The molecule has 1 aromatic heterocycles. The molecule has 6 nitrogen and oxygen atoms in total. The van der Waals surface area contributed by atoms with Crippen molar-refractivity contribution in [3.63, 3.8) is 0 Å². The fourth-order valence-corrected chi connectivity index (χ4v) is 1.15. The maximum atomic E-state index is 11.3. The van der Waals surface area contributed by atoms with E-state index >= 15 is 0 Å². The third-order valence-corrected chi connectivity index (χ3v) is 2.03. The van der Waals surface area contributed by atoms with Crippen LogP contribution < -0.4 is 16.6 Å². The Morgan fingerprint density at radius 2 is 1.94 bits per heavy atom. The fraction of sp³-hybridized carbons (Fsp3) is 0.100. The van der Waals surface area contributed by atoms with Crippen molar-refractivity contribution in [1.29, 1.82) is 0 Å². The van der Waals surface area contributed by atoms with Crippen molar-refractivity contribution >= 4 is 17.3 Å². The lowest BCUT2D eigenvalue weighted by Gasteiger charge is -2.04. The normalized spacial score (nSPS) is 10.1. The zero-order valence-electron chi connectivity index (χ0n) is 8.69. The highest BCUT2D eigenvalue weighted by atomic mass is 16.1. The van der Waals surface area contributed by atoms with E-state index in [1.807, 2.05) is 0 Å². The van der Waals surface area contributed by atoms with Crippen molar-refractivity contribution in [3.05, 3.63) is 40.3 Å². The van der Waals surface area contributed by atoms with E-state index in [-0.39, 0.29) is 5.56 Å². The van der Waals surface area contributed by atoms with Gasteiger partial charge in [0.1, 0.15) is 5.69 Å². The van der Waals surface area contributed by atoms with Crippen molar-refractivity contribution < 1.29 is 0 Å². The number of aryl methyl sites for hydroxylation is 1. The monoisotopic (exact) mass is 217 g/mol. The zero-order valence-corrected chi connectivity index (χ0v) is 8.69. The molecule has 0 unspecified atom stereocenters. The Hall–Kier alpha value is -2.37. The molecule has 0 bridgehead atoms. The van der Waals surface area contributed by atoms with E-state index in [0.717, 1.165) is 5.69 Å². The standard InChI is InChI=1S/C10H11N5O/c1-6-9(16)13-10(15-14-6)12-8-4-2-7(11)3-5-8/h2-5H,11H2,1H3,(H2,12,13,15,16). The average molecular weight is 217 g/mol. The number of benzene rings is 1. The van der Waals surface area contributed by atoms with E-state index in [9.17, 15) is 4.79 Å². The number of hydrogen-bond acceptors (Lipinski definition) is 5. The van der Waals surface area contributed by atoms with Gasteiger partial charge in [-0.25, -0.2) is 0 Å². The van der Waals surface area contributed by atoms with Crippen molar-refractivity contribution in [1.82, 2.24) is 15.2 Å². The quantitative estimate of drug-likeness (QED) is 0.646. The molecule has 0 aliphatic heterocycles. The molecule has 4 N–H and O–H groups in total. The third kappa shape index (κ3) is 2.17. The Labute approximate surface area is 91.5 Å². The van der Waals surface area contributed by atoms with Crippen LogP contribution in [0.5, 0.6) is 0 Å². The first-order valence-corrected chi connectivity index (χ1v) is 4.71. The van der Waals surface area contributed by atoms with Gasteiger partial charge in [-0.1, -0.05) is 0 Å². The molecule has 0 fully saturated rings. The van der Waals surface area contributed by atoms with Crippen molar-refractivity contribution in [2.45, 2.75) is 6.92 Å². The second-order valence-electron chi connectivity index (χ2n) is 3.34. The summed E-state index contributed by atoms with van der Waals surface area (Å²) < 4.78 is 0. The number of nitrogens with two attached hydrogens (primary N) is 1. The Morgan fingerprint density at radius 1 is 1.25 bits per heavy atom. The SMILES string of the molecule is Cc1nnc(Nc2ccc(N)cc2)[nH]c1=O. The molecule has 2 aromatic rings. The molecular weight excluding hydrogens is 206 g/mol. The second-order valence-corrected chi connectivity index (χ2v) is 3.34. The minimum atomic E-state index is -0.257. The second kappa shape index (κ2) is 4.01. The molecule has 1 heterocycles. The van der Waals surface area contributed by atoms with Gasteiger partial charge in [0.15, 0.2) is 0 Å². The highest BCUT2D eigenvalue weighted by Gasteiger charge is 2.00. The van der Waals surface area contributed by atoms with Crippen LogP contribution in [0, 0.1) is 6.92 Å². The number of H-pyrrole nitrogens is 1. The Kier molecular flexibility index (Phi) is 2.55. The molecule has 0 aliphatic carbocycles. The van der Waals surface area contributed by atoms with Crippen LogP contribution in [0.15, 0.2) is 29.1 Å². The molecular formula is C10H11N5O. The predicted octanol–water partition coefficient (Wildman–Crippen LogP) is 0.799. The lowest BCUT2D eigenvalue weighted by molar-refractivity contribution is 0.908. The third-order valence-electron chi connectivity index (χ3n) is 2.03. The number of nitrogens with zero attached hydrogens (tertiary/aromatic N) is 2. The summed E-state index contributed by atoms with van der Waals surface area (Å²) in [7, 11) is 0. The van der Waals surface area contributed by atoms with Crippen molar-refractivity contribution in [2.75, 3.05) is 11.1 Å². The van der Waals surface area contributed by atoms with Gasteiger partial charge < -0.3 is 11.1 Å². The van der Waals surface area contributed by atoms with E-state index in [1.54, 1.807) is 31.2 Å². The molecule has 6 heteroatoms. The van der Waals surface area contributed by atoms with Gasteiger partial charge in [0, 0.05) is 11.4 Å². The lowest BCUT2D eigenvalue weighted by atomic mass is 10.3. The molecule has 0 aliphatic rings. The number of anilines is 3. The Bertz CT molecular complexity index is 546. The summed E-state index contributed by atoms with van der Waals surface area (Å²) in [6.45, 7) is 1.60. The van der Waals surface area contributed by atoms with Gasteiger partial charge in [-0.2, -0.15) is 0 Å². The van der Waals surface area contributed by atoms with E-state index < -0.39 is 0 Å². The highest BCUT2D eigenvalue weighted by Crippen LogP contribution is 2.13. The fourth-order valence-electron chi connectivity index (χ4n) is 1.15. The Morgan fingerprint density at radius 3 is 2.56 bits per heavy atom. The van der Waals surface area contributed by atoms with Crippen LogP contribution in [0.3, 0.4) is 0 Å². The molecule has 0 radical (unpaired) electrons. The smallest absolute Gasteiger partial charge is 0.273 e. The first-order valence-electron chi connectivity index (χ1n) is 4.71. The summed E-state index contributed by atoms with van der Waals surface area (Å²) in [5.41, 5.74) is 7.09. The number of rotatable bonds is 2. The Balaban J connectivity index is 2.24. The van der Waals surface area contributed by atoms with Gasteiger partial charge in [-0.05, 0) is 31.2 Å². The molecule has 2 rings (SSSR count).